The lowest BCUT2D eigenvalue weighted by molar-refractivity contribution is 0.223. The van der Waals surface area contributed by atoms with E-state index >= 15 is 0 Å². The third-order valence-corrected chi connectivity index (χ3v) is 7.63. The van der Waals surface area contributed by atoms with E-state index in [4.69, 9.17) is 4.74 Å². The van der Waals surface area contributed by atoms with Crippen LogP contribution >= 0.6 is 0 Å². The van der Waals surface area contributed by atoms with Crippen LogP contribution in [0.4, 0.5) is 0 Å². The number of likely N-dealkylation sites (tertiary alicyclic amines) is 1. The van der Waals surface area contributed by atoms with Gasteiger partial charge in [0.15, 0.2) is 0 Å². The Kier molecular flexibility index (Phi) is 8.31. The molecule has 0 bridgehead atoms. The van der Waals surface area contributed by atoms with Crippen molar-refractivity contribution in [3.63, 3.8) is 0 Å². The summed E-state index contributed by atoms with van der Waals surface area (Å²) in [4.78, 5) is 3.17. The molecule has 0 radical (unpaired) electrons. The van der Waals surface area contributed by atoms with Crippen molar-refractivity contribution in [1.82, 2.24) is 4.90 Å². The van der Waals surface area contributed by atoms with Crippen LogP contribution in [0, 0.1) is 17.8 Å². The van der Waals surface area contributed by atoms with E-state index in [9.17, 15) is 12.6 Å². The van der Waals surface area contributed by atoms with Crippen molar-refractivity contribution >= 4 is 20.6 Å². The molecule has 1 saturated heterocycles. The molecule has 1 fully saturated rings. The van der Waals surface area contributed by atoms with Gasteiger partial charge in [-0.05, 0) is 49.1 Å². The van der Waals surface area contributed by atoms with Crippen LogP contribution in [0.3, 0.4) is 0 Å². The molecule has 27 heavy (non-hydrogen) atoms. The van der Waals surface area contributed by atoms with Gasteiger partial charge in [-0.25, -0.2) is 8.42 Å². The van der Waals surface area contributed by atoms with Gasteiger partial charge >= 0.3 is 0 Å². The molecule has 154 valence electrons. The van der Waals surface area contributed by atoms with Crippen LogP contribution in [-0.4, -0.2) is 61.5 Å². The molecule has 1 aromatic rings. The Morgan fingerprint density at radius 3 is 2.48 bits per heavy atom. The summed E-state index contributed by atoms with van der Waals surface area (Å²) in [7, 11) is -4.40. The molecular formula is C20H33NO4S2. The maximum Gasteiger partial charge on any atom is 0.148 e. The Morgan fingerprint density at radius 1 is 1.22 bits per heavy atom. The standard InChI is InChI=1S/C20H33NO4S2/c1-16(2)9-10-21-13-17(3)18(14-21)15-25-19-5-7-20(8-6-19)26(22)11-12-27(4,23)24/h5-8,16-18H,9-15H2,1-4H3. The van der Waals surface area contributed by atoms with Crippen LogP contribution in [0.5, 0.6) is 5.75 Å². The molecule has 7 heteroatoms. The molecule has 1 aliphatic heterocycles. The van der Waals surface area contributed by atoms with Crippen molar-refractivity contribution < 1.29 is 17.4 Å². The Morgan fingerprint density at radius 2 is 1.89 bits per heavy atom. The van der Waals surface area contributed by atoms with Crippen LogP contribution < -0.4 is 4.74 Å². The first-order chi connectivity index (χ1) is 12.6. The smallest absolute Gasteiger partial charge is 0.148 e. The van der Waals surface area contributed by atoms with E-state index in [1.807, 2.05) is 12.1 Å². The average Bonchev–Trinajstić information content (AvgIpc) is 2.96. The van der Waals surface area contributed by atoms with Crippen LogP contribution in [0.2, 0.25) is 0 Å². The minimum Gasteiger partial charge on any atom is -0.493 e. The quantitative estimate of drug-likeness (QED) is 0.588. The highest BCUT2D eigenvalue weighted by Crippen LogP contribution is 2.25. The van der Waals surface area contributed by atoms with Crippen LogP contribution in [0.25, 0.3) is 0 Å². The topological polar surface area (TPSA) is 63.7 Å². The van der Waals surface area contributed by atoms with Gasteiger partial charge in [0.2, 0.25) is 0 Å². The molecule has 0 amide bonds. The lowest BCUT2D eigenvalue weighted by Crippen LogP contribution is -2.24. The first-order valence-corrected chi connectivity index (χ1v) is 13.0. The molecule has 0 saturated carbocycles. The maximum absolute atomic E-state index is 12.2. The first-order valence-electron chi connectivity index (χ1n) is 9.65. The predicted octanol–water partition coefficient (Wildman–Crippen LogP) is 2.83. The molecule has 3 atom stereocenters. The number of hydrogen-bond donors (Lipinski definition) is 0. The van der Waals surface area contributed by atoms with Gasteiger partial charge in [0, 0.05) is 35.9 Å². The maximum atomic E-state index is 12.2. The fraction of sp³-hybridized carbons (Fsp3) is 0.700. The third-order valence-electron chi connectivity index (χ3n) is 5.06. The molecule has 1 aromatic carbocycles. The fourth-order valence-corrected chi connectivity index (χ4v) is 5.71. The minimum absolute atomic E-state index is 0.0647. The van der Waals surface area contributed by atoms with Crippen LogP contribution in [0.15, 0.2) is 29.2 Å². The van der Waals surface area contributed by atoms with Gasteiger partial charge < -0.3 is 9.64 Å². The predicted molar refractivity (Wildman–Crippen MR) is 111 cm³/mol. The molecule has 0 aromatic heterocycles. The fourth-order valence-electron chi connectivity index (χ4n) is 3.22. The van der Waals surface area contributed by atoms with E-state index in [-0.39, 0.29) is 11.5 Å². The van der Waals surface area contributed by atoms with E-state index in [1.165, 1.54) is 6.42 Å². The number of nitrogens with zero attached hydrogens (tertiary/aromatic N) is 1. The van der Waals surface area contributed by atoms with Gasteiger partial charge in [0.05, 0.1) is 23.2 Å². The summed E-state index contributed by atoms with van der Waals surface area (Å²) in [5.74, 6) is 2.72. The molecule has 0 N–H and O–H groups in total. The SMILES string of the molecule is CC(C)CCN1CC(C)C(COc2ccc(S(=O)CCS(C)(=O)=O)cc2)C1. The number of rotatable bonds is 10. The van der Waals surface area contributed by atoms with Crippen molar-refractivity contribution in [3.8, 4) is 5.75 Å². The Balaban J connectivity index is 1.80. The van der Waals surface area contributed by atoms with E-state index in [0.29, 0.717) is 23.3 Å². The van der Waals surface area contributed by atoms with Gasteiger partial charge in [0.1, 0.15) is 15.6 Å². The van der Waals surface area contributed by atoms with Crippen molar-refractivity contribution in [2.24, 2.45) is 17.8 Å². The summed E-state index contributed by atoms with van der Waals surface area (Å²) in [6, 6.07) is 7.18. The first kappa shape index (κ1) is 22.4. The summed E-state index contributed by atoms with van der Waals surface area (Å²) in [5, 5.41) is 0. The zero-order valence-electron chi connectivity index (χ0n) is 16.9. The highest BCUT2D eigenvalue weighted by Gasteiger charge is 2.29. The lowest BCUT2D eigenvalue weighted by Gasteiger charge is -2.17. The molecular weight excluding hydrogens is 382 g/mol. The van der Waals surface area contributed by atoms with E-state index in [2.05, 4.69) is 25.7 Å². The Bertz CT molecular complexity index is 716. The van der Waals surface area contributed by atoms with E-state index in [1.54, 1.807) is 12.1 Å². The Hall–Kier alpha value is -0.920. The summed E-state index contributed by atoms with van der Waals surface area (Å²) >= 11 is 0. The monoisotopic (exact) mass is 415 g/mol. The van der Waals surface area contributed by atoms with Crippen LogP contribution in [0.1, 0.15) is 27.2 Å². The third kappa shape index (κ3) is 7.92. The van der Waals surface area contributed by atoms with Gasteiger partial charge in [0.25, 0.3) is 0 Å². The van der Waals surface area contributed by atoms with Gasteiger partial charge in [-0.15, -0.1) is 0 Å². The van der Waals surface area contributed by atoms with Crippen molar-refractivity contribution in [3.05, 3.63) is 24.3 Å². The summed E-state index contributed by atoms with van der Waals surface area (Å²) < 4.78 is 40.5. The van der Waals surface area contributed by atoms with Crippen molar-refractivity contribution in [2.75, 3.05) is 44.0 Å². The molecule has 0 spiro atoms. The lowest BCUT2D eigenvalue weighted by atomic mass is 9.99. The van der Waals surface area contributed by atoms with Crippen molar-refractivity contribution in [2.45, 2.75) is 32.1 Å². The summed E-state index contributed by atoms with van der Waals surface area (Å²) in [5.41, 5.74) is 0. The largest absolute Gasteiger partial charge is 0.493 e. The molecule has 1 aliphatic rings. The van der Waals surface area contributed by atoms with E-state index < -0.39 is 20.6 Å². The van der Waals surface area contributed by atoms with Gasteiger partial charge in [-0.3, -0.25) is 4.21 Å². The number of sulfone groups is 1. The van der Waals surface area contributed by atoms with Gasteiger partial charge in [-0.1, -0.05) is 20.8 Å². The summed E-state index contributed by atoms with van der Waals surface area (Å²) in [6.07, 6.45) is 2.40. The molecule has 3 unspecified atom stereocenters. The molecule has 0 aliphatic carbocycles. The second-order valence-corrected chi connectivity index (χ2v) is 12.0. The number of hydrogen-bond acceptors (Lipinski definition) is 5. The van der Waals surface area contributed by atoms with Gasteiger partial charge in [-0.2, -0.15) is 0 Å². The molecule has 5 nitrogen and oxygen atoms in total. The highest BCUT2D eigenvalue weighted by atomic mass is 32.2. The zero-order chi connectivity index (χ0) is 20.0. The number of benzene rings is 1. The van der Waals surface area contributed by atoms with E-state index in [0.717, 1.165) is 37.6 Å². The molecule has 2 rings (SSSR count). The number of ether oxygens (including phenoxy) is 1. The minimum atomic E-state index is -3.09. The zero-order valence-corrected chi connectivity index (χ0v) is 18.5. The average molecular weight is 416 g/mol. The summed E-state index contributed by atoms with van der Waals surface area (Å²) in [6.45, 7) is 10.9. The second kappa shape index (κ2) is 10.0. The normalized spacial score (nSPS) is 22.3. The Labute approximate surface area is 166 Å². The van der Waals surface area contributed by atoms with Crippen LogP contribution in [-0.2, 0) is 20.6 Å². The second-order valence-electron chi connectivity index (χ2n) is 8.14. The molecule has 1 heterocycles. The highest BCUT2D eigenvalue weighted by molar-refractivity contribution is 7.92. The van der Waals surface area contributed by atoms with Crippen molar-refractivity contribution in [1.29, 1.82) is 0 Å².